The van der Waals surface area contributed by atoms with Crippen LogP contribution in [-0.4, -0.2) is 106 Å². The summed E-state index contributed by atoms with van der Waals surface area (Å²) >= 11 is 0. The molecule has 2 aliphatic heterocycles. The number of fused-ring (bicyclic) bond motifs is 3. The van der Waals surface area contributed by atoms with Gasteiger partial charge in [-0.05, 0) is 108 Å². The van der Waals surface area contributed by atoms with Gasteiger partial charge in [-0.3, -0.25) is 14.6 Å². The van der Waals surface area contributed by atoms with Crippen LogP contribution in [0, 0.1) is 17.3 Å². The lowest BCUT2D eigenvalue weighted by Gasteiger charge is -2.37. The highest BCUT2D eigenvalue weighted by Crippen LogP contribution is 2.58. The minimum Gasteiger partial charge on any atom is -0.453 e. The first-order chi connectivity index (χ1) is 30.9. The molecule has 4 heterocycles. The zero-order valence-corrected chi connectivity index (χ0v) is 36.7. The number of nitrogens with one attached hydrogen (secondary N) is 4. The number of nitrogens with zero attached hydrogens (tertiary/aromatic N) is 5. The van der Waals surface area contributed by atoms with Crippen molar-refractivity contribution >= 4 is 41.5 Å². The van der Waals surface area contributed by atoms with Crippen molar-refractivity contribution in [3.05, 3.63) is 96.9 Å². The molecule has 5 aromatic rings. The molecule has 4 aliphatic rings. The van der Waals surface area contributed by atoms with E-state index in [0.717, 1.165) is 88.8 Å². The number of carbonyl (C=O) groups excluding carboxylic acids is 4. The van der Waals surface area contributed by atoms with Crippen LogP contribution in [0.4, 0.5) is 9.59 Å². The van der Waals surface area contributed by atoms with E-state index in [1.54, 1.807) is 0 Å². The molecular weight excluding hydrogens is 811 g/mol. The standard InChI is InChI=1S/C49H55N9O6/c1-27(2)40(55-47(61)63-5)46(60)58-36-16-15-35(21-36)42(58)44-52-24-37(54-44)30-9-7-29(8-10-30)31-11-12-33-20-34(14-13-32(33)19-31)38-25-51-43(53-38)39-22-49(17-18-49)26-57(39)45(59)41(28(3)23-50-4)56-48(62)64-6/h7-14,19-20,24-25,27,35-36,39-42H,3-4,15-18,21-23,26H2,1-2,5-6H3,(H,51,53)(H,52,54)(H,55,61)(H,56,62). The maximum Gasteiger partial charge on any atom is 0.407 e. The maximum atomic E-state index is 14.1. The van der Waals surface area contributed by atoms with Crippen molar-refractivity contribution in [1.29, 1.82) is 0 Å². The van der Waals surface area contributed by atoms with Crippen molar-refractivity contribution in [2.24, 2.45) is 22.2 Å². The summed E-state index contributed by atoms with van der Waals surface area (Å²) in [5.41, 5.74) is 6.35. The minimum atomic E-state index is -0.997. The van der Waals surface area contributed by atoms with Crippen LogP contribution in [0.1, 0.15) is 76.1 Å². The molecule has 64 heavy (non-hydrogen) atoms. The number of alkyl carbamates (subject to hydrolysis) is 2. The van der Waals surface area contributed by atoms with Crippen LogP contribution < -0.4 is 10.6 Å². The lowest BCUT2D eigenvalue weighted by molar-refractivity contribution is -0.139. The third kappa shape index (κ3) is 8.03. The quantitative estimate of drug-likeness (QED) is 0.0683. The first kappa shape index (κ1) is 42.5. The third-order valence-corrected chi connectivity index (χ3v) is 13.9. The summed E-state index contributed by atoms with van der Waals surface area (Å²) in [6.45, 7) is 12.1. The number of aliphatic imine (C=N–C) groups is 1. The number of hydrogen-bond acceptors (Lipinski definition) is 9. The smallest absolute Gasteiger partial charge is 0.407 e. The summed E-state index contributed by atoms with van der Waals surface area (Å²) in [6, 6.07) is 19.1. The Balaban J connectivity index is 0.895. The van der Waals surface area contributed by atoms with Crippen LogP contribution in [0.5, 0.6) is 0 Å². The number of carbonyl (C=O) groups is 4. The van der Waals surface area contributed by atoms with Crippen molar-refractivity contribution in [3.8, 4) is 33.6 Å². The number of rotatable bonds is 13. The molecule has 2 aromatic heterocycles. The predicted molar refractivity (Wildman–Crippen MR) is 243 cm³/mol. The fourth-order valence-corrected chi connectivity index (χ4v) is 10.2. The number of benzene rings is 3. The molecule has 332 valence electrons. The van der Waals surface area contributed by atoms with Crippen molar-refractivity contribution in [2.45, 2.75) is 82.6 Å². The Hall–Kier alpha value is -6.77. The number of methoxy groups -OCH3 is 2. The average Bonchev–Trinajstić information content (AvgIpc) is 3.94. The second-order valence-corrected chi connectivity index (χ2v) is 18.3. The minimum absolute atomic E-state index is 0.0515. The van der Waals surface area contributed by atoms with Gasteiger partial charge in [-0.1, -0.05) is 69.0 Å². The molecule has 3 aromatic carbocycles. The highest BCUT2D eigenvalue weighted by molar-refractivity contribution is 5.91. The molecule has 6 atom stereocenters. The zero-order chi connectivity index (χ0) is 44.9. The van der Waals surface area contributed by atoms with Gasteiger partial charge >= 0.3 is 12.2 Å². The normalized spacial score (nSPS) is 21.5. The van der Waals surface area contributed by atoms with Crippen LogP contribution in [0.2, 0.25) is 0 Å². The lowest BCUT2D eigenvalue weighted by Crippen LogP contribution is -2.54. The molecular formula is C49H55N9O6. The van der Waals surface area contributed by atoms with Crippen molar-refractivity contribution in [3.63, 3.8) is 0 Å². The summed E-state index contributed by atoms with van der Waals surface area (Å²) in [5, 5.41) is 7.58. The van der Waals surface area contributed by atoms with Gasteiger partial charge < -0.3 is 39.9 Å². The summed E-state index contributed by atoms with van der Waals surface area (Å²) in [5.74, 6) is 1.31. The molecule has 2 bridgehead atoms. The second-order valence-electron chi connectivity index (χ2n) is 18.3. The number of hydrogen-bond donors (Lipinski definition) is 4. The van der Waals surface area contributed by atoms with E-state index < -0.39 is 24.3 Å². The van der Waals surface area contributed by atoms with Crippen LogP contribution in [-0.2, 0) is 19.1 Å². The van der Waals surface area contributed by atoms with E-state index in [2.05, 4.69) is 99.6 Å². The second kappa shape index (κ2) is 17.1. The first-order valence-corrected chi connectivity index (χ1v) is 22.1. The Labute approximate surface area is 372 Å². The molecule has 2 saturated carbocycles. The fraction of sp³-hybridized carbons (Fsp3) is 0.408. The number of likely N-dealkylation sites (tertiary alicyclic amines) is 2. The Kier molecular flexibility index (Phi) is 11.3. The number of ether oxygens (including phenoxy) is 2. The number of piperidine rings is 1. The highest BCUT2D eigenvalue weighted by Gasteiger charge is 2.55. The average molecular weight is 866 g/mol. The van der Waals surface area contributed by atoms with Gasteiger partial charge in [-0.25, -0.2) is 19.6 Å². The third-order valence-electron chi connectivity index (χ3n) is 13.9. The van der Waals surface area contributed by atoms with Gasteiger partial charge in [0.2, 0.25) is 11.8 Å². The van der Waals surface area contributed by atoms with E-state index in [0.29, 0.717) is 23.9 Å². The molecule has 4 N–H and O–H groups in total. The first-order valence-electron chi connectivity index (χ1n) is 22.1. The van der Waals surface area contributed by atoms with E-state index in [9.17, 15) is 19.2 Å². The monoisotopic (exact) mass is 865 g/mol. The zero-order valence-electron chi connectivity index (χ0n) is 36.7. The molecule has 0 radical (unpaired) electrons. The Morgan fingerprint density at radius 3 is 2.11 bits per heavy atom. The number of amides is 4. The van der Waals surface area contributed by atoms with Gasteiger partial charge in [0.15, 0.2) is 0 Å². The molecule has 9 rings (SSSR count). The van der Waals surface area contributed by atoms with Gasteiger partial charge in [-0.15, -0.1) is 0 Å². The number of aromatic amines is 2. The Morgan fingerprint density at radius 2 is 1.44 bits per heavy atom. The summed E-state index contributed by atoms with van der Waals surface area (Å²) < 4.78 is 9.65. The van der Waals surface area contributed by atoms with Gasteiger partial charge in [0, 0.05) is 18.2 Å². The summed E-state index contributed by atoms with van der Waals surface area (Å²) in [7, 11) is 2.57. The largest absolute Gasteiger partial charge is 0.453 e. The van der Waals surface area contributed by atoms with Crippen molar-refractivity contribution in [2.75, 3.05) is 27.3 Å². The number of imidazole rings is 2. The van der Waals surface area contributed by atoms with E-state index in [1.165, 1.54) is 14.2 Å². The van der Waals surface area contributed by atoms with Crippen molar-refractivity contribution < 1.29 is 28.7 Å². The molecule has 2 saturated heterocycles. The van der Waals surface area contributed by atoms with E-state index >= 15 is 0 Å². The summed E-state index contributed by atoms with van der Waals surface area (Å²) in [4.78, 5) is 76.8. The molecule has 15 nitrogen and oxygen atoms in total. The molecule has 4 fully saturated rings. The maximum absolute atomic E-state index is 14.1. The molecule has 15 heteroatoms. The van der Waals surface area contributed by atoms with Crippen molar-refractivity contribution in [1.82, 2.24) is 40.4 Å². The summed E-state index contributed by atoms with van der Waals surface area (Å²) in [6.07, 6.45) is 8.11. The Bertz CT molecular complexity index is 2630. The Morgan fingerprint density at radius 1 is 0.828 bits per heavy atom. The van der Waals surface area contributed by atoms with E-state index in [-0.39, 0.29) is 47.8 Å². The number of H-pyrrole nitrogens is 2. The van der Waals surface area contributed by atoms with E-state index in [1.807, 2.05) is 36.0 Å². The van der Waals surface area contributed by atoms with Gasteiger partial charge in [0.25, 0.3) is 0 Å². The molecule has 1 spiro atoms. The van der Waals surface area contributed by atoms with Crippen LogP contribution in [0.25, 0.3) is 44.4 Å². The topological polar surface area (TPSA) is 187 Å². The molecule has 6 unspecified atom stereocenters. The number of aromatic nitrogens is 4. The fourth-order valence-electron chi connectivity index (χ4n) is 10.2. The molecule has 4 amide bonds. The SMILES string of the molecule is C=NCC(=C)C(NC(=O)OC)C(=O)N1CC2(CC2)CC1c1ncc(-c2ccc3cc(-c4ccc(-c5cnc(C6C7CCC(C7)N6C(=O)C(NC(=O)OC)C(C)C)[nH]5)cc4)ccc3c2)[nH]1. The predicted octanol–water partition coefficient (Wildman–Crippen LogP) is 7.75. The van der Waals surface area contributed by atoms with Crippen LogP contribution in [0.15, 0.2) is 90.2 Å². The molecule has 2 aliphatic carbocycles. The highest BCUT2D eigenvalue weighted by atomic mass is 16.5. The van der Waals surface area contributed by atoms with Gasteiger partial charge in [-0.2, -0.15) is 0 Å². The van der Waals surface area contributed by atoms with Gasteiger partial charge in [0.05, 0.1) is 56.6 Å². The van der Waals surface area contributed by atoms with Crippen LogP contribution in [0.3, 0.4) is 0 Å². The van der Waals surface area contributed by atoms with Gasteiger partial charge in [0.1, 0.15) is 23.7 Å². The van der Waals surface area contributed by atoms with Crippen LogP contribution >= 0.6 is 0 Å². The lowest BCUT2D eigenvalue weighted by atomic mass is 9.95. The van der Waals surface area contributed by atoms with E-state index in [4.69, 9.17) is 19.4 Å².